The van der Waals surface area contributed by atoms with Gasteiger partial charge < -0.3 is 15.2 Å². The van der Waals surface area contributed by atoms with Crippen molar-refractivity contribution in [2.24, 2.45) is 11.8 Å². The average Bonchev–Trinajstić information content (AvgIpc) is 2.37. The molecule has 1 fully saturated rings. The van der Waals surface area contributed by atoms with Crippen LogP contribution in [0.1, 0.15) is 46.0 Å². The summed E-state index contributed by atoms with van der Waals surface area (Å²) in [4.78, 5) is 11.6. The van der Waals surface area contributed by atoms with Crippen LogP contribution >= 0.6 is 0 Å². The Bertz CT molecular complexity index is 237. The first-order chi connectivity index (χ1) is 8.67. The quantitative estimate of drug-likeness (QED) is 0.682. The number of aliphatic hydroxyl groups excluding tert-OH is 1. The van der Waals surface area contributed by atoms with Crippen LogP contribution in [0.4, 0.5) is 0 Å². The molecular formula is C14H27NO3. The van der Waals surface area contributed by atoms with Crippen LogP contribution < -0.4 is 5.32 Å². The Balaban J connectivity index is 2.17. The van der Waals surface area contributed by atoms with Crippen molar-refractivity contribution in [1.29, 1.82) is 0 Å². The molecule has 0 amide bonds. The van der Waals surface area contributed by atoms with Crippen LogP contribution in [0.3, 0.4) is 0 Å². The third-order valence-electron chi connectivity index (χ3n) is 3.72. The van der Waals surface area contributed by atoms with Gasteiger partial charge >= 0.3 is 5.97 Å². The Kier molecular flexibility index (Phi) is 7.28. The van der Waals surface area contributed by atoms with Crippen molar-refractivity contribution in [3.05, 3.63) is 0 Å². The molecule has 0 bridgehead atoms. The fourth-order valence-corrected chi connectivity index (χ4v) is 2.48. The third-order valence-corrected chi connectivity index (χ3v) is 3.72. The zero-order valence-corrected chi connectivity index (χ0v) is 11.7. The molecule has 1 saturated carbocycles. The summed E-state index contributed by atoms with van der Waals surface area (Å²) >= 11 is 0. The molecule has 0 saturated heterocycles. The molecular weight excluding hydrogens is 230 g/mol. The Morgan fingerprint density at radius 3 is 2.61 bits per heavy atom. The minimum absolute atomic E-state index is 0.0235. The van der Waals surface area contributed by atoms with Crippen LogP contribution in [0.5, 0.6) is 0 Å². The highest BCUT2D eigenvalue weighted by atomic mass is 16.5. The van der Waals surface area contributed by atoms with Gasteiger partial charge in [0.15, 0.2) is 0 Å². The van der Waals surface area contributed by atoms with Crippen molar-refractivity contribution < 1.29 is 14.6 Å². The maximum Gasteiger partial charge on any atom is 0.308 e. The molecule has 0 spiro atoms. The van der Waals surface area contributed by atoms with E-state index < -0.39 is 0 Å². The van der Waals surface area contributed by atoms with Gasteiger partial charge in [0.2, 0.25) is 0 Å². The monoisotopic (exact) mass is 257 g/mol. The van der Waals surface area contributed by atoms with E-state index in [1.54, 1.807) is 0 Å². The number of ether oxygens (including phenoxy) is 1. The first-order valence-electron chi connectivity index (χ1n) is 7.18. The lowest BCUT2D eigenvalue weighted by Crippen LogP contribution is -2.37. The van der Waals surface area contributed by atoms with Crippen molar-refractivity contribution in [3.63, 3.8) is 0 Å². The summed E-state index contributed by atoms with van der Waals surface area (Å²) in [6.45, 7) is 5.70. The van der Waals surface area contributed by atoms with Crippen molar-refractivity contribution in [1.82, 2.24) is 5.32 Å². The van der Waals surface area contributed by atoms with Crippen molar-refractivity contribution in [2.45, 2.75) is 52.0 Å². The second kappa shape index (κ2) is 8.48. The van der Waals surface area contributed by atoms with E-state index in [0.29, 0.717) is 18.6 Å². The minimum atomic E-state index is -0.0235. The standard InChI is InChI=1S/C14H27NO3/c1-3-18-14(17)12-4-6-13(7-5-12)15-10-11(2)8-9-16/h11-13,15-16H,3-10H2,1-2H3. The zero-order valence-electron chi connectivity index (χ0n) is 11.7. The van der Waals surface area contributed by atoms with Gasteiger partial charge in [-0.15, -0.1) is 0 Å². The normalized spacial score (nSPS) is 25.7. The third kappa shape index (κ3) is 5.36. The van der Waals surface area contributed by atoms with Crippen molar-refractivity contribution >= 4 is 5.97 Å². The second-order valence-electron chi connectivity index (χ2n) is 5.33. The number of carbonyl (C=O) groups excluding carboxylic acids is 1. The van der Waals surface area contributed by atoms with Gasteiger partial charge in [-0.25, -0.2) is 0 Å². The van der Waals surface area contributed by atoms with Gasteiger partial charge in [-0.2, -0.15) is 0 Å². The number of hydrogen-bond donors (Lipinski definition) is 2. The first-order valence-corrected chi connectivity index (χ1v) is 7.18. The predicted octanol–water partition coefficient (Wildman–Crippen LogP) is 1.72. The van der Waals surface area contributed by atoms with Gasteiger partial charge in [0, 0.05) is 12.6 Å². The van der Waals surface area contributed by atoms with Crippen LogP contribution in [0.2, 0.25) is 0 Å². The summed E-state index contributed by atoms with van der Waals surface area (Å²) in [6, 6.07) is 0.525. The first kappa shape index (κ1) is 15.4. The SMILES string of the molecule is CCOC(=O)C1CCC(NCC(C)CCO)CC1. The Labute approximate surface area is 110 Å². The van der Waals surface area contributed by atoms with Gasteiger partial charge in [-0.05, 0) is 51.5 Å². The summed E-state index contributed by atoms with van der Waals surface area (Å²) < 4.78 is 5.06. The molecule has 0 radical (unpaired) electrons. The van der Waals surface area contributed by atoms with E-state index in [2.05, 4.69) is 12.2 Å². The number of nitrogens with one attached hydrogen (secondary N) is 1. The fourth-order valence-electron chi connectivity index (χ4n) is 2.48. The maximum atomic E-state index is 11.6. The lowest BCUT2D eigenvalue weighted by atomic mass is 9.86. The highest BCUT2D eigenvalue weighted by molar-refractivity contribution is 5.72. The van der Waals surface area contributed by atoms with Crippen LogP contribution in [-0.2, 0) is 9.53 Å². The molecule has 0 aromatic heterocycles. The molecule has 4 nitrogen and oxygen atoms in total. The molecule has 1 atom stereocenters. The van der Waals surface area contributed by atoms with E-state index in [9.17, 15) is 4.79 Å². The zero-order chi connectivity index (χ0) is 13.4. The average molecular weight is 257 g/mol. The van der Waals surface area contributed by atoms with E-state index in [1.165, 1.54) is 0 Å². The summed E-state index contributed by atoms with van der Waals surface area (Å²) in [6.07, 6.45) is 4.82. The summed E-state index contributed by atoms with van der Waals surface area (Å²) in [5, 5.41) is 12.4. The Hall–Kier alpha value is -0.610. The molecule has 4 heteroatoms. The molecule has 0 aliphatic heterocycles. The fraction of sp³-hybridized carbons (Fsp3) is 0.929. The van der Waals surface area contributed by atoms with Crippen molar-refractivity contribution in [3.8, 4) is 0 Å². The number of carbonyl (C=O) groups is 1. The number of rotatable bonds is 7. The predicted molar refractivity (Wildman–Crippen MR) is 71.2 cm³/mol. The van der Waals surface area contributed by atoms with Crippen molar-refractivity contribution in [2.75, 3.05) is 19.8 Å². The molecule has 106 valence electrons. The van der Waals surface area contributed by atoms with Gasteiger partial charge in [-0.3, -0.25) is 4.79 Å². The molecule has 1 rings (SSSR count). The van der Waals surface area contributed by atoms with Gasteiger partial charge in [0.25, 0.3) is 0 Å². The summed E-state index contributed by atoms with van der Waals surface area (Å²) in [7, 11) is 0. The Morgan fingerprint density at radius 2 is 2.06 bits per heavy atom. The largest absolute Gasteiger partial charge is 0.466 e. The Morgan fingerprint density at radius 1 is 1.39 bits per heavy atom. The van der Waals surface area contributed by atoms with E-state index in [-0.39, 0.29) is 18.5 Å². The highest BCUT2D eigenvalue weighted by Crippen LogP contribution is 2.25. The van der Waals surface area contributed by atoms with Crippen LogP contribution in [0.15, 0.2) is 0 Å². The van der Waals surface area contributed by atoms with E-state index >= 15 is 0 Å². The van der Waals surface area contributed by atoms with E-state index in [0.717, 1.165) is 38.6 Å². The smallest absolute Gasteiger partial charge is 0.308 e. The van der Waals surface area contributed by atoms with E-state index in [1.807, 2.05) is 6.92 Å². The van der Waals surface area contributed by atoms with Gasteiger partial charge in [-0.1, -0.05) is 6.92 Å². The van der Waals surface area contributed by atoms with E-state index in [4.69, 9.17) is 9.84 Å². The molecule has 0 heterocycles. The van der Waals surface area contributed by atoms with Gasteiger partial charge in [0.1, 0.15) is 0 Å². The number of aliphatic hydroxyl groups is 1. The summed E-state index contributed by atoms with van der Waals surface area (Å²) in [5.41, 5.74) is 0. The van der Waals surface area contributed by atoms with Gasteiger partial charge in [0.05, 0.1) is 12.5 Å². The number of hydrogen-bond acceptors (Lipinski definition) is 4. The molecule has 18 heavy (non-hydrogen) atoms. The molecule has 2 N–H and O–H groups in total. The topological polar surface area (TPSA) is 58.6 Å². The summed E-state index contributed by atoms with van der Waals surface area (Å²) in [5.74, 6) is 0.597. The number of esters is 1. The molecule has 0 aromatic rings. The molecule has 0 aromatic carbocycles. The minimum Gasteiger partial charge on any atom is -0.466 e. The lowest BCUT2D eigenvalue weighted by Gasteiger charge is -2.28. The lowest BCUT2D eigenvalue weighted by molar-refractivity contribution is -0.149. The maximum absolute atomic E-state index is 11.6. The molecule has 1 unspecified atom stereocenters. The van der Waals surface area contributed by atoms with Crippen LogP contribution in [0.25, 0.3) is 0 Å². The molecule has 1 aliphatic carbocycles. The second-order valence-corrected chi connectivity index (χ2v) is 5.33. The molecule has 1 aliphatic rings. The highest BCUT2D eigenvalue weighted by Gasteiger charge is 2.26. The van der Waals surface area contributed by atoms with Crippen LogP contribution in [-0.4, -0.2) is 36.9 Å². The van der Waals surface area contributed by atoms with Crippen LogP contribution in [0, 0.1) is 11.8 Å².